The summed E-state index contributed by atoms with van der Waals surface area (Å²) in [5.41, 5.74) is 8.50. The van der Waals surface area contributed by atoms with Gasteiger partial charge < -0.3 is 5.73 Å². The van der Waals surface area contributed by atoms with Crippen molar-refractivity contribution < 1.29 is 0 Å². The van der Waals surface area contributed by atoms with Gasteiger partial charge in [-0.2, -0.15) is 0 Å². The number of thiazole rings is 1. The molecule has 1 aromatic carbocycles. The Labute approximate surface area is 114 Å². The molecule has 17 heavy (non-hydrogen) atoms. The van der Waals surface area contributed by atoms with Crippen molar-refractivity contribution in [2.45, 2.75) is 25.8 Å². The van der Waals surface area contributed by atoms with E-state index in [4.69, 9.17) is 5.73 Å². The van der Waals surface area contributed by atoms with Gasteiger partial charge in [-0.25, -0.2) is 4.98 Å². The van der Waals surface area contributed by atoms with E-state index in [1.807, 2.05) is 6.92 Å². The van der Waals surface area contributed by atoms with Gasteiger partial charge in [-0.05, 0) is 31.0 Å². The summed E-state index contributed by atoms with van der Waals surface area (Å²) in [5.74, 6) is 0. The lowest BCUT2D eigenvalue weighted by atomic mass is 10.0. The van der Waals surface area contributed by atoms with Crippen LogP contribution in [0.2, 0.25) is 0 Å². The van der Waals surface area contributed by atoms with Crippen LogP contribution in [-0.4, -0.2) is 11.0 Å². The summed E-state index contributed by atoms with van der Waals surface area (Å²) >= 11 is 5.12. The minimum Gasteiger partial charge on any atom is -0.327 e. The molecule has 1 aromatic heterocycles. The quantitative estimate of drug-likeness (QED) is 0.940. The van der Waals surface area contributed by atoms with Crippen molar-refractivity contribution in [1.82, 2.24) is 4.98 Å². The van der Waals surface area contributed by atoms with Gasteiger partial charge in [0.25, 0.3) is 0 Å². The molecule has 0 aliphatic rings. The number of rotatable bonds is 4. The molecule has 0 saturated heterocycles. The van der Waals surface area contributed by atoms with Crippen LogP contribution in [-0.2, 0) is 12.8 Å². The highest BCUT2D eigenvalue weighted by Crippen LogP contribution is 2.14. The van der Waals surface area contributed by atoms with Gasteiger partial charge in [-0.1, -0.05) is 28.1 Å². The molecule has 0 amide bonds. The van der Waals surface area contributed by atoms with Crippen LogP contribution in [0.15, 0.2) is 34.1 Å². The molecule has 1 atom stereocenters. The summed E-state index contributed by atoms with van der Waals surface area (Å²) in [6.45, 7) is 2.01. The molecule has 0 radical (unpaired) electrons. The molecule has 2 aromatic rings. The smallest absolute Gasteiger partial charge is 0.0943 e. The second-order valence-electron chi connectivity index (χ2n) is 4.18. The molecule has 2 nitrogen and oxygen atoms in total. The highest BCUT2D eigenvalue weighted by molar-refractivity contribution is 9.10. The normalized spacial score (nSPS) is 12.6. The molecular weight excluding hydrogens is 296 g/mol. The third-order valence-electron chi connectivity index (χ3n) is 2.51. The van der Waals surface area contributed by atoms with Crippen LogP contribution in [0.1, 0.15) is 16.3 Å². The lowest BCUT2D eigenvalue weighted by Crippen LogP contribution is -2.25. The Hall–Kier alpha value is -0.710. The van der Waals surface area contributed by atoms with Gasteiger partial charge in [-0.15, -0.1) is 11.3 Å². The van der Waals surface area contributed by atoms with Crippen molar-refractivity contribution in [2.24, 2.45) is 5.73 Å². The second-order valence-corrected chi connectivity index (χ2v) is 6.04. The average Bonchev–Trinajstić information content (AvgIpc) is 2.67. The van der Waals surface area contributed by atoms with Crippen molar-refractivity contribution in [3.05, 3.63) is 50.4 Å². The maximum Gasteiger partial charge on any atom is 0.0943 e. The largest absolute Gasteiger partial charge is 0.327 e. The lowest BCUT2D eigenvalue weighted by Gasteiger charge is -2.09. The van der Waals surface area contributed by atoms with Crippen molar-refractivity contribution in [3.8, 4) is 0 Å². The summed E-state index contributed by atoms with van der Waals surface area (Å²) in [4.78, 5) is 4.44. The summed E-state index contributed by atoms with van der Waals surface area (Å²) in [6, 6.07) is 8.46. The van der Waals surface area contributed by atoms with Gasteiger partial charge in [-0.3, -0.25) is 0 Å². The molecule has 0 aliphatic heterocycles. The number of halogens is 1. The van der Waals surface area contributed by atoms with E-state index in [1.165, 1.54) is 5.56 Å². The number of benzene rings is 1. The number of hydrogen-bond donors (Lipinski definition) is 1. The summed E-state index contributed by atoms with van der Waals surface area (Å²) in [7, 11) is 0. The standard InChI is InChI=1S/C13H15BrN2S/c1-9-8-17-13(16-9)7-12(15)6-10-2-4-11(14)5-3-10/h2-5,8,12H,6-7,15H2,1H3. The molecule has 0 fully saturated rings. The van der Waals surface area contributed by atoms with E-state index in [9.17, 15) is 0 Å². The van der Waals surface area contributed by atoms with Gasteiger partial charge >= 0.3 is 0 Å². The Morgan fingerprint density at radius 1 is 1.29 bits per heavy atom. The van der Waals surface area contributed by atoms with Crippen LogP contribution in [0.4, 0.5) is 0 Å². The van der Waals surface area contributed by atoms with E-state index in [0.29, 0.717) is 0 Å². The zero-order chi connectivity index (χ0) is 12.3. The predicted octanol–water partition coefficient (Wildman–Crippen LogP) is 3.33. The van der Waals surface area contributed by atoms with E-state index < -0.39 is 0 Å². The first-order valence-corrected chi connectivity index (χ1v) is 7.22. The third kappa shape index (κ3) is 3.91. The van der Waals surface area contributed by atoms with Crippen LogP contribution >= 0.6 is 27.3 Å². The Morgan fingerprint density at radius 3 is 2.59 bits per heavy atom. The maximum atomic E-state index is 6.14. The molecule has 0 bridgehead atoms. The molecule has 4 heteroatoms. The minimum absolute atomic E-state index is 0.140. The van der Waals surface area contributed by atoms with Crippen molar-refractivity contribution in [2.75, 3.05) is 0 Å². The highest BCUT2D eigenvalue weighted by atomic mass is 79.9. The van der Waals surface area contributed by atoms with E-state index in [2.05, 4.69) is 50.6 Å². The van der Waals surface area contributed by atoms with E-state index in [0.717, 1.165) is 28.0 Å². The van der Waals surface area contributed by atoms with Gasteiger partial charge in [0.2, 0.25) is 0 Å². The van der Waals surface area contributed by atoms with Gasteiger partial charge in [0.1, 0.15) is 0 Å². The van der Waals surface area contributed by atoms with Crippen molar-refractivity contribution in [1.29, 1.82) is 0 Å². The Morgan fingerprint density at radius 2 is 2.00 bits per heavy atom. The molecule has 0 saturated carbocycles. The Balaban J connectivity index is 1.93. The van der Waals surface area contributed by atoms with Crippen LogP contribution in [0.5, 0.6) is 0 Å². The van der Waals surface area contributed by atoms with Crippen molar-refractivity contribution in [3.63, 3.8) is 0 Å². The maximum absolute atomic E-state index is 6.14. The lowest BCUT2D eigenvalue weighted by molar-refractivity contribution is 0.661. The number of nitrogens with zero attached hydrogens (tertiary/aromatic N) is 1. The molecule has 90 valence electrons. The summed E-state index contributed by atoms with van der Waals surface area (Å²) < 4.78 is 1.10. The summed E-state index contributed by atoms with van der Waals surface area (Å²) in [6.07, 6.45) is 1.75. The monoisotopic (exact) mass is 310 g/mol. The van der Waals surface area contributed by atoms with Gasteiger partial charge in [0, 0.05) is 28.0 Å². The molecule has 0 aliphatic carbocycles. The topological polar surface area (TPSA) is 38.9 Å². The van der Waals surface area contributed by atoms with Crippen LogP contribution in [0.3, 0.4) is 0 Å². The van der Waals surface area contributed by atoms with Crippen LogP contribution < -0.4 is 5.73 Å². The molecule has 0 spiro atoms. The molecule has 2 N–H and O–H groups in total. The first-order valence-electron chi connectivity index (χ1n) is 5.54. The first-order chi connectivity index (χ1) is 8.13. The molecule has 1 unspecified atom stereocenters. The van der Waals surface area contributed by atoms with E-state index in [-0.39, 0.29) is 6.04 Å². The fraction of sp³-hybridized carbons (Fsp3) is 0.308. The molecule has 1 heterocycles. The third-order valence-corrected chi connectivity index (χ3v) is 4.03. The average molecular weight is 311 g/mol. The molecular formula is C13H15BrN2S. The second kappa shape index (κ2) is 5.76. The molecule has 2 rings (SSSR count). The number of aromatic nitrogens is 1. The number of aryl methyl sites for hydroxylation is 1. The Bertz CT molecular complexity index is 478. The van der Waals surface area contributed by atoms with Gasteiger partial charge in [0.15, 0.2) is 0 Å². The van der Waals surface area contributed by atoms with Gasteiger partial charge in [0.05, 0.1) is 5.01 Å². The zero-order valence-corrected chi connectivity index (χ0v) is 12.1. The van der Waals surface area contributed by atoms with Crippen molar-refractivity contribution >= 4 is 27.3 Å². The highest BCUT2D eigenvalue weighted by Gasteiger charge is 2.08. The number of hydrogen-bond acceptors (Lipinski definition) is 3. The van der Waals surface area contributed by atoms with Crippen LogP contribution in [0.25, 0.3) is 0 Å². The Kier molecular flexibility index (Phi) is 4.31. The number of nitrogens with two attached hydrogens (primary N) is 1. The minimum atomic E-state index is 0.140. The summed E-state index contributed by atoms with van der Waals surface area (Å²) in [5, 5.41) is 3.20. The fourth-order valence-electron chi connectivity index (χ4n) is 1.72. The first kappa shape index (κ1) is 12.7. The fourth-order valence-corrected chi connectivity index (χ4v) is 2.85. The predicted molar refractivity (Wildman–Crippen MR) is 76.4 cm³/mol. The SMILES string of the molecule is Cc1csc(CC(N)Cc2ccc(Br)cc2)n1. The van der Waals surface area contributed by atoms with E-state index in [1.54, 1.807) is 11.3 Å². The van der Waals surface area contributed by atoms with E-state index >= 15 is 0 Å². The van der Waals surface area contributed by atoms with Crippen LogP contribution in [0, 0.1) is 6.92 Å². The zero-order valence-electron chi connectivity index (χ0n) is 9.69.